The first-order valence-corrected chi connectivity index (χ1v) is 10.7. The van der Waals surface area contributed by atoms with E-state index in [2.05, 4.69) is 6.92 Å². The molecule has 2 atom stereocenters. The number of carboxylic acid groups (broad SMARTS) is 3. The predicted molar refractivity (Wildman–Crippen MR) is 109 cm³/mol. The third-order valence-corrected chi connectivity index (χ3v) is 6.49. The van der Waals surface area contributed by atoms with Crippen molar-refractivity contribution < 1.29 is 29.7 Å². The van der Waals surface area contributed by atoms with Crippen molar-refractivity contribution in [2.75, 3.05) is 0 Å². The van der Waals surface area contributed by atoms with Crippen molar-refractivity contribution in [2.45, 2.75) is 105 Å². The Bertz CT molecular complexity index is 499. The standard InChI is InChI=1S/C12H24O2.C10H16O4/c1-2-3-4-5-6-7-8-9-10-11-12(13)14;1-9(2)6(7(11)12)4-5-10(9,3)8(13)14/h2-11H2,1H3,(H,13,14);6H,4-5H2,1-3H3,(H,11,12)(H,13,14). The van der Waals surface area contributed by atoms with Crippen LogP contribution in [0.5, 0.6) is 0 Å². The molecule has 6 heteroatoms. The topological polar surface area (TPSA) is 112 Å². The molecule has 0 bridgehead atoms. The van der Waals surface area contributed by atoms with Crippen molar-refractivity contribution in [3.8, 4) is 0 Å². The number of hydrogen-bond donors (Lipinski definition) is 3. The summed E-state index contributed by atoms with van der Waals surface area (Å²) in [5.74, 6) is -3.00. The lowest BCUT2D eigenvalue weighted by Crippen LogP contribution is -2.42. The summed E-state index contributed by atoms with van der Waals surface area (Å²) < 4.78 is 0. The first-order chi connectivity index (χ1) is 13.0. The zero-order valence-corrected chi connectivity index (χ0v) is 18.1. The summed E-state index contributed by atoms with van der Waals surface area (Å²) in [6.45, 7) is 7.32. The second-order valence-corrected chi connectivity index (χ2v) is 8.76. The van der Waals surface area contributed by atoms with Gasteiger partial charge in [-0.2, -0.15) is 0 Å². The van der Waals surface area contributed by atoms with Crippen molar-refractivity contribution in [1.29, 1.82) is 0 Å². The lowest BCUT2D eigenvalue weighted by molar-refractivity contribution is -0.157. The molecule has 0 amide bonds. The van der Waals surface area contributed by atoms with E-state index in [0.29, 0.717) is 19.3 Å². The summed E-state index contributed by atoms with van der Waals surface area (Å²) in [5.41, 5.74) is -1.61. The van der Waals surface area contributed by atoms with E-state index in [1.165, 1.54) is 44.9 Å². The minimum atomic E-state index is -0.921. The summed E-state index contributed by atoms with van der Waals surface area (Å²) in [4.78, 5) is 32.3. The average molecular weight is 401 g/mol. The van der Waals surface area contributed by atoms with Gasteiger partial charge in [-0.3, -0.25) is 14.4 Å². The van der Waals surface area contributed by atoms with Crippen molar-refractivity contribution in [3.05, 3.63) is 0 Å². The molecule has 164 valence electrons. The summed E-state index contributed by atoms with van der Waals surface area (Å²) in [7, 11) is 0. The van der Waals surface area contributed by atoms with E-state index in [9.17, 15) is 14.4 Å². The van der Waals surface area contributed by atoms with Crippen LogP contribution >= 0.6 is 0 Å². The fraction of sp³-hybridized carbons (Fsp3) is 0.864. The van der Waals surface area contributed by atoms with Crippen molar-refractivity contribution >= 4 is 17.9 Å². The third kappa shape index (κ3) is 8.19. The number of aliphatic carboxylic acids is 3. The number of carbonyl (C=O) groups is 3. The third-order valence-electron chi connectivity index (χ3n) is 6.49. The van der Waals surface area contributed by atoms with Crippen LogP contribution in [0.3, 0.4) is 0 Å². The molecule has 0 aromatic heterocycles. The molecular weight excluding hydrogens is 360 g/mol. The maximum atomic E-state index is 11.1. The van der Waals surface area contributed by atoms with Crippen LogP contribution in [0.15, 0.2) is 0 Å². The molecule has 0 saturated heterocycles. The van der Waals surface area contributed by atoms with Gasteiger partial charge in [0.25, 0.3) is 0 Å². The smallest absolute Gasteiger partial charge is 0.309 e. The Labute approximate surface area is 169 Å². The first kappa shape index (κ1) is 26.4. The van der Waals surface area contributed by atoms with E-state index in [4.69, 9.17) is 15.3 Å². The number of rotatable bonds is 12. The number of carboxylic acids is 3. The molecule has 1 saturated carbocycles. The van der Waals surface area contributed by atoms with E-state index < -0.39 is 34.7 Å². The Hall–Kier alpha value is -1.59. The van der Waals surface area contributed by atoms with Crippen LogP contribution in [0.1, 0.15) is 105 Å². The van der Waals surface area contributed by atoms with Crippen molar-refractivity contribution in [2.24, 2.45) is 16.7 Å². The number of unbranched alkanes of at least 4 members (excludes halogenated alkanes) is 8. The van der Waals surface area contributed by atoms with Gasteiger partial charge in [0.05, 0.1) is 11.3 Å². The van der Waals surface area contributed by atoms with Gasteiger partial charge in [-0.15, -0.1) is 0 Å². The summed E-state index contributed by atoms with van der Waals surface area (Å²) in [5, 5.41) is 26.5. The van der Waals surface area contributed by atoms with Crippen LogP contribution in [-0.2, 0) is 14.4 Å². The van der Waals surface area contributed by atoms with E-state index in [-0.39, 0.29) is 0 Å². The van der Waals surface area contributed by atoms with Gasteiger partial charge in [-0.05, 0) is 31.6 Å². The van der Waals surface area contributed by atoms with Crippen LogP contribution in [-0.4, -0.2) is 33.2 Å². The zero-order valence-electron chi connectivity index (χ0n) is 18.1. The molecule has 2 unspecified atom stereocenters. The van der Waals surface area contributed by atoms with Crippen LogP contribution in [0, 0.1) is 16.7 Å². The van der Waals surface area contributed by atoms with Gasteiger partial charge in [-0.25, -0.2) is 0 Å². The van der Waals surface area contributed by atoms with Gasteiger partial charge in [0.15, 0.2) is 0 Å². The van der Waals surface area contributed by atoms with Gasteiger partial charge in [0.1, 0.15) is 0 Å². The maximum Gasteiger partial charge on any atom is 0.309 e. The predicted octanol–water partition coefficient (Wildman–Crippen LogP) is 5.59. The van der Waals surface area contributed by atoms with Gasteiger partial charge < -0.3 is 15.3 Å². The Morgan fingerprint density at radius 1 is 0.821 bits per heavy atom. The minimum Gasteiger partial charge on any atom is -0.481 e. The molecule has 0 aromatic carbocycles. The molecule has 0 radical (unpaired) electrons. The van der Waals surface area contributed by atoms with E-state index >= 15 is 0 Å². The zero-order chi connectivity index (χ0) is 21.8. The Balaban J connectivity index is 0.000000521. The van der Waals surface area contributed by atoms with Gasteiger partial charge >= 0.3 is 17.9 Å². The fourth-order valence-electron chi connectivity index (χ4n) is 3.90. The lowest BCUT2D eigenvalue weighted by Gasteiger charge is -2.36. The van der Waals surface area contributed by atoms with E-state index in [0.717, 1.165) is 12.8 Å². The molecule has 0 spiro atoms. The van der Waals surface area contributed by atoms with Crippen molar-refractivity contribution in [3.63, 3.8) is 0 Å². The van der Waals surface area contributed by atoms with Crippen molar-refractivity contribution in [1.82, 2.24) is 0 Å². The quantitative estimate of drug-likeness (QED) is 0.368. The highest BCUT2D eigenvalue weighted by Crippen LogP contribution is 2.56. The highest BCUT2D eigenvalue weighted by molar-refractivity contribution is 5.80. The van der Waals surface area contributed by atoms with Crippen LogP contribution in [0.2, 0.25) is 0 Å². The molecule has 1 rings (SSSR count). The molecule has 6 nitrogen and oxygen atoms in total. The molecule has 3 N–H and O–H groups in total. The minimum absolute atomic E-state index is 0.343. The summed E-state index contributed by atoms with van der Waals surface area (Å²) in [6.07, 6.45) is 12.4. The molecule has 1 aliphatic rings. The Kier molecular flexibility index (Phi) is 12.1. The molecule has 1 aliphatic carbocycles. The molecule has 28 heavy (non-hydrogen) atoms. The number of hydrogen-bond acceptors (Lipinski definition) is 3. The summed E-state index contributed by atoms with van der Waals surface area (Å²) in [6, 6.07) is 0. The fourth-order valence-corrected chi connectivity index (χ4v) is 3.90. The van der Waals surface area contributed by atoms with Crippen LogP contribution in [0.4, 0.5) is 0 Å². The Morgan fingerprint density at radius 2 is 1.29 bits per heavy atom. The SMILES string of the molecule is CC1(C(=O)O)CCC(C(=O)O)C1(C)C.CCCCCCCCCCCC(=O)O. The second kappa shape index (κ2) is 12.8. The molecular formula is C22H40O6. The second-order valence-electron chi connectivity index (χ2n) is 8.76. The Morgan fingerprint density at radius 3 is 1.61 bits per heavy atom. The average Bonchev–Trinajstić information content (AvgIpc) is 2.84. The normalized spacial score (nSPS) is 22.9. The highest BCUT2D eigenvalue weighted by atomic mass is 16.4. The lowest BCUT2D eigenvalue weighted by atomic mass is 9.66. The molecule has 0 aliphatic heterocycles. The van der Waals surface area contributed by atoms with Crippen LogP contribution in [0.25, 0.3) is 0 Å². The van der Waals surface area contributed by atoms with E-state index in [1.807, 2.05) is 0 Å². The molecule has 0 aromatic rings. The van der Waals surface area contributed by atoms with Gasteiger partial charge in [-0.1, -0.05) is 72.1 Å². The van der Waals surface area contributed by atoms with Crippen LogP contribution < -0.4 is 0 Å². The van der Waals surface area contributed by atoms with E-state index in [1.54, 1.807) is 20.8 Å². The largest absolute Gasteiger partial charge is 0.481 e. The van der Waals surface area contributed by atoms with Gasteiger partial charge in [0.2, 0.25) is 0 Å². The van der Waals surface area contributed by atoms with Gasteiger partial charge in [0, 0.05) is 6.42 Å². The highest BCUT2D eigenvalue weighted by Gasteiger charge is 2.58. The first-order valence-electron chi connectivity index (χ1n) is 10.7. The maximum absolute atomic E-state index is 11.1. The summed E-state index contributed by atoms with van der Waals surface area (Å²) >= 11 is 0. The molecule has 1 fully saturated rings. The molecule has 0 heterocycles. The monoisotopic (exact) mass is 400 g/mol.